The Bertz CT molecular complexity index is 1290. The third kappa shape index (κ3) is 4.40. The summed E-state index contributed by atoms with van der Waals surface area (Å²) < 4.78 is 38.0. The number of nitrogens with zero attached hydrogens (tertiary/aromatic N) is 2. The number of carbonyl (C=O) groups excluding carboxylic acids is 1. The third-order valence-corrected chi connectivity index (χ3v) is 5.60. The SMILES string of the molecule is Cc1cc(C(=O)NC(C)(C)COc2cccc3c2C(N)=NS(=O)N3)c2cc(F)ccc2n1. The maximum atomic E-state index is 13.8. The van der Waals surface area contributed by atoms with Crippen molar-refractivity contribution >= 4 is 39.5 Å². The van der Waals surface area contributed by atoms with Gasteiger partial charge in [0.05, 0.1) is 27.9 Å². The molecule has 1 atom stereocenters. The van der Waals surface area contributed by atoms with Gasteiger partial charge in [-0.2, -0.15) is 4.40 Å². The van der Waals surface area contributed by atoms with Crippen molar-refractivity contribution in [2.24, 2.45) is 10.1 Å². The molecule has 166 valence electrons. The van der Waals surface area contributed by atoms with E-state index in [2.05, 4.69) is 19.4 Å². The van der Waals surface area contributed by atoms with Crippen LogP contribution in [0.15, 0.2) is 46.9 Å². The fraction of sp³-hybridized carbons (Fsp3) is 0.227. The Morgan fingerprint density at radius 3 is 2.84 bits per heavy atom. The molecule has 10 heteroatoms. The van der Waals surface area contributed by atoms with Crippen LogP contribution >= 0.6 is 0 Å². The molecule has 8 nitrogen and oxygen atoms in total. The number of halogens is 1. The summed E-state index contributed by atoms with van der Waals surface area (Å²) in [6.07, 6.45) is 0. The van der Waals surface area contributed by atoms with Gasteiger partial charge in [-0.15, -0.1) is 0 Å². The van der Waals surface area contributed by atoms with Gasteiger partial charge in [0.1, 0.15) is 24.0 Å². The normalized spacial score (nSPS) is 15.5. The highest BCUT2D eigenvalue weighted by atomic mass is 32.2. The number of rotatable bonds is 5. The number of aromatic nitrogens is 1. The molecule has 1 amide bonds. The lowest BCUT2D eigenvalue weighted by Crippen LogP contribution is -2.48. The van der Waals surface area contributed by atoms with Gasteiger partial charge in [0.25, 0.3) is 5.91 Å². The lowest BCUT2D eigenvalue weighted by Gasteiger charge is -2.28. The van der Waals surface area contributed by atoms with Crippen molar-refractivity contribution in [3.8, 4) is 5.75 Å². The number of hydrogen-bond donors (Lipinski definition) is 3. The zero-order valence-electron chi connectivity index (χ0n) is 17.7. The number of ether oxygens (including phenoxy) is 1. The summed E-state index contributed by atoms with van der Waals surface area (Å²) in [4.78, 5) is 17.4. The second-order valence-electron chi connectivity index (χ2n) is 8.11. The largest absolute Gasteiger partial charge is 0.490 e. The highest BCUT2D eigenvalue weighted by Gasteiger charge is 2.26. The lowest BCUT2D eigenvalue weighted by molar-refractivity contribution is 0.0882. The number of hydrogen-bond acceptors (Lipinski definition) is 5. The van der Waals surface area contributed by atoms with E-state index in [1.165, 1.54) is 12.1 Å². The fourth-order valence-electron chi connectivity index (χ4n) is 3.44. The van der Waals surface area contributed by atoms with Gasteiger partial charge < -0.3 is 15.8 Å². The smallest absolute Gasteiger partial charge is 0.252 e. The van der Waals surface area contributed by atoms with Gasteiger partial charge in [0.2, 0.25) is 11.2 Å². The summed E-state index contributed by atoms with van der Waals surface area (Å²) in [5.41, 5.74) is 7.75. The van der Waals surface area contributed by atoms with E-state index >= 15 is 0 Å². The Morgan fingerprint density at radius 2 is 2.06 bits per heavy atom. The minimum absolute atomic E-state index is 0.107. The molecular formula is C22H22FN5O3S. The first-order chi connectivity index (χ1) is 15.1. The summed E-state index contributed by atoms with van der Waals surface area (Å²) in [6.45, 7) is 5.51. The van der Waals surface area contributed by atoms with E-state index in [9.17, 15) is 13.4 Å². The average molecular weight is 456 g/mol. The Hall–Kier alpha value is -3.53. The van der Waals surface area contributed by atoms with Crippen molar-refractivity contribution in [1.82, 2.24) is 10.3 Å². The number of amides is 1. The molecule has 2 aromatic carbocycles. The molecule has 4 N–H and O–H groups in total. The number of benzene rings is 2. The second-order valence-corrected chi connectivity index (χ2v) is 8.99. The predicted molar refractivity (Wildman–Crippen MR) is 122 cm³/mol. The predicted octanol–water partition coefficient (Wildman–Crippen LogP) is 2.98. The molecule has 0 spiro atoms. The van der Waals surface area contributed by atoms with E-state index in [1.54, 1.807) is 37.3 Å². The number of pyridine rings is 1. The van der Waals surface area contributed by atoms with Crippen LogP contribution in [0.25, 0.3) is 10.9 Å². The Morgan fingerprint density at radius 1 is 1.28 bits per heavy atom. The molecule has 0 fully saturated rings. The monoisotopic (exact) mass is 455 g/mol. The van der Waals surface area contributed by atoms with Crippen molar-refractivity contribution < 1.29 is 18.1 Å². The van der Waals surface area contributed by atoms with Crippen LogP contribution in [-0.4, -0.2) is 33.1 Å². The molecule has 1 aromatic heterocycles. The van der Waals surface area contributed by atoms with Crippen molar-refractivity contribution in [2.45, 2.75) is 26.3 Å². The molecule has 32 heavy (non-hydrogen) atoms. The number of amidine groups is 1. The Balaban J connectivity index is 1.55. The highest BCUT2D eigenvalue weighted by Crippen LogP contribution is 2.30. The van der Waals surface area contributed by atoms with Crippen LogP contribution in [0.5, 0.6) is 5.75 Å². The van der Waals surface area contributed by atoms with Gasteiger partial charge in [-0.25, -0.2) is 8.60 Å². The second kappa shape index (κ2) is 8.19. The first-order valence-electron chi connectivity index (χ1n) is 9.81. The summed E-state index contributed by atoms with van der Waals surface area (Å²) in [6, 6.07) is 11.0. The summed E-state index contributed by atoms with van der Waals surface area (Å²) in [5.74, 6) is -0.256. The first-order valence-corrected chi connectivity index (χ1v) is 10.9. The molecule has 1 aliphatic heterocycles. The molecule has 2 heterocycles. The van der Waals surface area contributed by atoms with Crippen LogP contribution in [0, 0.1) is 12.7 Å². The van der Waals surface area contributed by atoms with Gasteiger partial charge >= 0.3 is 0 Å². The van der Waals surface area contributed by atoms with Crippen LogP contribution in [0.4, 0.5) is 10.1 Å². The molecule has 0 saturated heterocycles. The quantitative estimate of drug-likeness (QED) is 0.547. The number of nitrogens with two attached hydrogens (primary N) is 1. The van der Waals surface area contributed by atoms with Gasteiger partial charge in [-0.05, 0) is 57.2 Å². The summed E-state index contributed by atoms with van der Waals surface area (Å²) >= 11 is -1.64. The van der Waals surface area contributed by atoms with E-state index in [-0.39, 0.29) is 18.3 Å². The number of nitrogens with one attached hydrogen (secondary N) is 2. The van der Waals surface area contributed by atoms with E-state index in [0.29, 0.717) is 39.2 Å². The molecule has 1 aliphatic rings. The Labute approximate surface area is 186 Å². The molecule has 3 aromatic rings. The molecular weight excluding hydrogens is 433 g/mol. The van der Waals surface area contributed by atoms with Crippen molar-refractivity contribution in [3.63, 3.8) is 0 Å². The standard InChI is InChI=1S/C22H22FN5O3S/c1-12-9-15(14-10-13(23)7-8-16(14)25-12)21(29)26-22(2,3)11-31-18-6-4-5-17-19(18)20(24)28-32(30)27-17/h4-10,27H,11H2,1-3H3,(H2,24,28)(H,26,29). The van der Waals surface area contributed by atoms with Gasteiger partial charge in [-0.1, -0.05) is 6.07 Å². The number of aryl methyl sites for hydroxylation is 1. The maximum Gasteiger partial charge on any atom is 0.252 e. The topological polar surface area (TPSA) is 119 Å². The molecule has 1 unspecified atom stereocenters. The van der Waals surface area contributed by atoms with Crippen LogP contribution < -0.4 is 20.5 Å². The third-order valence-electron chi connectivity index (χ3n) is 4.84. The van der Waals surface area contributed by atoms with Crippen molar-refractivity contribution in [3.05, 3.63) is 65.1 Å². The molecule has 0 radical (unpaired) electrons. The van der Waals surface area contributed by atoms with Crippen molar-refractivity contribution in [2.75, 3.05) is 11.3 Å². The minimum atomic E-state index is -1.64. The molecule has 0 aliphatic carbocycles. The van der Waals surface area contributed by atoms with Crippen LogP contribution in [0.3, 0.4) is 0 Å². The van der Waals surface area contributed by atoms with Crippen molar-refractivity contribution in [1.29, 1.82) is 0 Å². The zero-order valence-corrected chi connectivity index (χ0v) is 18.5. The van der Waals surface area contributed by atoms with Crippen LogP contribution in [0.2, 0.25) is 0 Å². The van der Waals surface area contributed by atoms with E-state index in [1.807, 2.05) is 13.8 Å². The van der Waals surface area contributed by atoms with E-state index < -0.39 is 22.5 Å². The maximum absolute atomic E-state index is 13.8. The molecule has 0 bridgehead atoms. The number of anilines is 1. The number of carbonyl (C=O) groups is 1. The summed E-state index contributed by atoms with van der Waals surface area (Å²) in [7, 11) is 0. The van der Waals surface area contributed by atoms with Gasteiger partial charge in [0.15, 0.2) is 0 Å². The van der Waals surface area contributed by atoms with E-state index in [0.717, 1.165) is 0 Å². The zero-order chi connectivity index (χ0) is 23.0. The summed E-state index contributed by atoms with van der Waals surface area (Å²) in [5, 5.41) is 3.38. The van der Waals surface area contributed by atoms with Gasteiger partial charge in [0, 0.05) is 11.1 Å². The lowest BCUT2D eigenvalue weighted by atomic mass is 10.0. The minimum Gasteiger partial charge on any atom is -0.490 e. The fourth-order valence-corrected chi connectivity index (χ4v) is 4.11. The van der Waals surface area contributed by atoms with E-state index in [4.69, 9.17) is 10.5 Å². The van der Waals surface area contributed by atoms with Crippen LogP contribution in [0.1, 0.15) is 35.5 Å². The highest BCUT2D eigenvalue weighted by molar-refractivity contribution is 7.85. The molecule has 4 rings (SSSR count). The van der Waals surface area contributed by atoms with Crippen LogP contribution in [-0.2, 0) is 11.2 Å². The van der Waals surface area contributed by atoms with Gasteiger partial charge in [-0.3, -0.25) is 14.5 Å². The first kappa shape index (κ1) is 21.7. The number of fused-ring (bicyclic) bond motifs is 2. The average Bonchev–Trinajstić information content (AvgIpc) is 2.71. The Kier molecular flexibility index (Phi) is 5.55. The molecule has 0 saturated carbocycles.